The van der Waals surface area contributed by atoms with Crippen LogP contribution in [-0.2, 0) is 9.84 Å². The summed E-state index contributed by atoms with van der Waals surface area (Å²) in [5.74, 6) is 0. The number of hydrogen-bond acceptors (Lipinski definition) is 2. The summed E-state index contributed by atoms with van der Waals surface area (Å²) >= 11 is 0. The third kappa shape index (κ3) is 2.36. The molecule has 1 saturated carbocycles. The predicted octanol–water partition coefficient (Wildman–Crippen LogP) is 6.82. The minimum absolute atomic E-state index is 0.102. The van der Waals surface area contributed by atoms with Crippen LogP contribution in [0, 0.1) is 10.8 Å². The molecule has 0 heterocycles. The molecule has 0 amide bonds. The molecule has 0 saturated heterocycles. The first-order chi connectivity index (χ1) is 13.8. The average molecular weight is 427 g/mol. The van der Waals surface area contributed by atoms with Gasteiger partial charge < -0.3 is 0 Å². The quantitative estimate of drug-likeness (QED) is 0.393. The van der Waals surface area contributed by atoms with Gasteiger partial charge in [-0.2, -0.15) is 0 Å². The van der Waals surface area contributed by atoms with Gasteiger partial charge in [0, 0.05) is 10.8 Å². The lowest BCUT2D eigenvalue weighted by atomic mass is 9.37. The van der Waals surface area contributed by atoms with Crippen molar-refractivity contribution in [3.63, 3.8) is 0 Å². The molecule has 29 heavy (non-hydrogen) atoms. The first-order valence-corrected chi connectivity index (χ1v) is 16.5. The Morgan fingerprint density at radius 3 is 1.93 bits per heavy atom. The van der Waals surface area contributed by atoms with Gasteiger partial charge in [0.15, 0.2) is 0 Å². The number of benzene rings is 1. The molecule has 1 aromatic rings. The van der Waals surface area contributed by atoms with Crippen molar-refractivity contribution in [3.8, 4) is 0 Å². The van der Waals surface area contributed by atoms with Crippen molar-refractivity contribution in [2.24, 2.45) is 10.8 Å². The second kappa shape index (κ2) is 6.43. The molecule has 2 atom stereocenters. The Morgan fingerprint density at radius 2 is 1.31 bits per heavy atom. The molecule has 1 aromatic carbocycles. The number of rotatable bonds is 3. The lowest BCUT2D eigenvalue weighted by Gasteiger charge is -2.73. The Morgan fingerprint density at radius 1 is 0.759 bits per heavy atom. The highest BCUT2D eigenvalue weighted by molar-refractivity contribution is 7.95. The van der Waals surface area contributed by atoms with Crippen LogP contribution < -0.4 is 0 Å². The Balaban J connectivity index is 1.80. The molecular weight excluding hydrogens is 392 g/mol. The van der Waals surface area contributed by atoms with Crippen molar-refractivity contribution in [2.45, 2.75) is 88.7 Å². The van der Waals surface area contributed by atoms with Gasteiger partial charge in [-0.15, -0.1) is 0 Å². The SMILES string of the molecule is C[Si](C)(C)C1=C(S(=O)(=O)c2ccccc2)C23CCCCCC12C1=C3CCCCC1. The van der Waals surface area contributed by atoms with Gasteiger partial charge in [-0.05, 0) is 50.7 Å². The average Bonchev–Trinajstić information content (AvgIpc) is 2.94. The van der Waals surface area contributed by atoms with Crippen LogP contribution in [0.3, 0.4) is 0 Å². The van der Waals surface area contributed by atoms with Crippen molar-refractivity contribution < 1.29 is 8.42 Å². The monoisotopic (exact) mass is 426 g/mol. The maximum absolute atomic E-state index is 14.1. The van der Waals surface area contributed by atoms with E-state index in [1.165, 1.54) is 56.6 Å². The minimum Gasteiger partial charge on any atom is -0.219 e. The molecule has 0 N–H and O–H groups in total. The van der Waals surface area contributed by atoms with Crippen LogP contribution in [0.4, 0.5) is 0 Å². The van der Waals surface area contributed by atoms with Gasteiger partial charge in [-0.1, -0.05) is 79.9 Å². The van der Waals surface area contributed by atoms with Gasteiger partial charge in [0.1, 0.15) is 0 Å². The highest BCUT2D eigenvalue weighted by Gasteiger charge is 2.77. The van der Waals surface area contributed by atoms with Gasteiger partial charge in [0.05, 0.1) is 17.9 Å². The van der Waals surface area contributed by atoms with Crippen molar-refractivity contribution in [1.82, 2.24) is 0 Å². The van der Waals surface area contributed by atoms with Gasteiger partial charge in [0.25, 0.3) is 0 Å². The third-order valence-corrected chi connectivity index (χ3v) is 12.5. The fraction of sp³-hybridized carbons (Fsp3) is 0.600. The fourth-order valence-corrected chi connectivity index (χ4v) is 13.5. The summed E-state index contributed by atoms with van der Waals surface area (Å²) in [7, 11) is -5.25. The summed E-state index contributed by atoms with van der Waals surface area (Å²) in [4.78, 5) is 1.37. The molecule has 1 fully saturated rings. The van der Waals surface area contributed by atoms with Crippen LogP contribution in [0.1, 0.15) is 64.2 Å². The molecular formula is C25H34O2SSi. The molecule has 0 spiro atoms. The summed E-state index contributed by atoms with van der Waals surface area (Å²) in [6.45, 7) is 7.13. The molecule has 2 nitrogen and oxygen atoms in total. The van der Waals surface area contributed by atoms with E-state index in [1.807, 2.05) is 18.2 Å². The Labute approximate surface area is 177 Å². The second-order valence-corrected chi connectivity index (χ2v) is 17.5. The lowest BCUT2D eigenvalue weighted by Crippen LogP contribution is -2.68. The Hall–Kier alpha value is -1.13. The summed E-state index contributed by atoms with van der Waals surface area (Å²) in [5.41, 5.74) is 3.20. The van der Waals surface area contributed by atoms with Crippen LogP contribution in [0.5, 0.6) is 0 Å². The summed E-state index contributed by atoms with van der Waals surface area (Å²) in [6, 6.07) is 9.26. The van der Waals surface area contributed by atoms with Gasteiger partial charge >= 0.3 is 0 Å². The zero-order chi connectivity index (χ0) is 20.5. The minimum atomic E-state index is -3.45. The van der Waals surface area contributed by atoms with Gasteiger partial charge in [0.2, 0.25) is 9.84 Å². The van der Waals surface area contributed by atoms with Crippen LogP contribution in [0.25, 0.3) is 0 Å². The first kappa shape index (κ1) is 19.8. The Bertz CT molecular complexity index is 1010. The van der Waals surface area contributed by atoms with E-state index in [1.54, 1.807) is 23.3 Å². The maximum atomic E-state index is 14.1. The topological polar surface area (TPSA) is 34.1 Å². The van der Waals surface area contributed by atoms with E-state index in [-0.39, 0.29) is 10.8 Å². The lowest BCUT2D eigenvalue weighted by molar-refractivity contribution is 0.0877. The normalized spacial score (nSPS) is 32.2. The van der Waals surface area contributed by atoms with Crippen LogP contribution >= 0.6 is 0 Å². The molecule has 0 bridgehead atoms. The molecule has 156 valence electrons. The van der Waals surface area contributed by atoms with Crippen LogP contribution in [0.2, 0.25) is 19.6 Å². The van der Waals surface area contributed by atoms with E-state index in [9.17, 15) is 8.42 Å². The maximum Gasteiger partial charge on any atom is 0.203 e. The summed E-state index contributed by atoms with van der Waals surface area (Å²) in [5, 5.41) is 1.40. The first-order valence-electron chi connectivity index (χ1n) is 11.6. The Kier molecular flexibility index (Phi) is 4.39. The van der Waals surface area contributed by atoms with Crippen molar-refractivity contribution in [2.75, 3.05) is 0 Å². The molecule has 5 rings (SSSR count). The highest BCUT2D eigenvalue weighted by atomic mass is 32.2. The van der Waals surface area contributed by atoms with E-state index in [4.69, 9.17) is 0 Å². The van der Waals surface area contributed by atoms with Gasteiger partial charge in [-0.25, -0.2) is 8.42 Å². The molecule has 0 aliphatic heterocycles. The fourth-order valence-electron chi connectivity index (χ4n) is 7.50. The summed E-state index contributed by atoms with van der Waals surface area (Å²) in [6.07, 6.45) is 12.1. The largest absolute Gasteiger partial charge is 0.219 e. The molecule has 0 aromatic heterocycles. The zero-order valence-electron chi connectivity index (χ0n) is 18.2. The second-order valence-electron chi connectivity index (χ2n) is 10.7. The van der Waals surface area contributed by atoms with Crippen LogP contribution in [-0.4, -0.2) is 16.5 Å². The van der Waals surface area contributed by atoms with E-state index in [2.05, 4.69) is 19.6 Å². The highest BCUT2D eigenvalue weighted by Crippen LogP contribution is 2.83. The van der Waals surface area contributed by atoms with Gasteiger partial charge in [-0.3, -0.25) is 0 Å². The smallest absolute Gasteiger partial charge is 0.203 e. The standard InChI is InChI=1S/C25H34O2SSi/c1-29(2,3)23-22(28(26,27)19-13-7-4-8-14-19)24-17-11-6-12-18-25(23,24)21-16-10-5-9-15-20(21)24/h4,7-8,13-14H,5-6,9-12,15-18H2,1-3H3. The van der Waals surface area contributed by atoms with Crippen molar-refractivity contribution >= 4 is 17.9 Å². The van der Waals surface area contributed by atoms with E-state index in [0.29, 0.717) is 4.90 Å². The number of hydrogen-bond donors (Lipinski definition) is 0. The predicted molar refractivity (Wildman–Crippen MR) is 122 cm³/mol. The molecule has 4 aliphatic carbocycles. The molecule has 4 aliphatic rings. The number of sulfone groups is 1. The molecule has 0 radical (unpaired) electrons. The molecule has 2 unspecified atom stereocenters. The van der Waals surface area contributed by atoms with Crippen molar-refractivity contribution in [3.05, 3.63) is 51.6 Å². The van der Waals surface area contributed by atoms with E-state index < -0.39 is 17.9 Å². The molecule has 4 heteroatoms. The van der Waals surface area contributed by atoms with Crippen molar-refractivity contribution in [1.29, 1.82) is 0 Å². The third-order valence-electron chi connectivity index (χ3n) is 8.19. The van der Waals surface area contributed by atoms with E-state index >= 15 is 0 Å². The van der Waals surface area contributed by atoms with Crippen LogP contribution in [0.15, 0.2) is 56.5 Å². The van der Waals surface area contributed by atoms with E-state index in [0.717, 1.165) is 17.7 Å². The number of allylic oxidation sites excluding steroid dienone is 4. The summed E-state index contributed by atoms with van der Waals surface area (Å²) < 4.78 is 28.2. The zero-order valence-corrected chi connectivity index (χ0v) is 20.0.